The number of rotatable bonds is 30. The maximum atomic E-state index is 6.55. The van der Waals surface area contributed by atoms with Gasteiger partial charge in [0.2, 0.25) is 0 Å². The molecule has 1 aliphatic heterocycles. The van der Waals surface area contributed by atoms with Crippen LogP contribution in [-0.4, -0.2) is 62.7 Å². The Kier molecular flexibility index (Phi) is 28.1. The van der Waals surface area contributed by atoms with Crippen LogP contribution in [0.25, 0.3) is 0 Å². The first-order chi connectivity index (χ1) is 24.1. The molecule has 1 aliphatic rings. The van der Waals surface area contributed by atoms with Crippen LogP contribution in [-0.2, 0) is 4.74 Å². The zero-order valence-electron chi connectivity index (χ0n) is 33.2. The van der Waals surface area contributed by atoms with Gasteiger partial charge in [0.05, 0.1) is 13.2 Å². The van der Waals surface area contributed by atoms with Crippen molar-refractivity contribution in [3.63, 3.8) is 0 Å². The van der Waals surface area contributed by atoms with Crippen LogP contribution in [0.2, 0.25) is 0 Å². The highest BCUT2D eigenvalue weighted by Crippen LogP contribution is 2.25. The third-order valence-corrected chi connectivity index (χ3v) is 10.6. The van der Waals surface area contributed by atoms with E-state index in [1.807, 2.05) is 0 Å². The molecule has 2 bridgehead atoms. The second-order valence-electron chi connectivity index (χ2n) is 15.3. The fourth-order valence-corrected chi connectivity index (χ4v) is 7.19. The number of benzene rings is 1. The van der Waals surface area contributed by atoms with Crippen molar-refractivity contribution in [1.82, 2.24) is 9.80 Å². The number of ether oxygens (including phenoxy) is 3. The summed E-state index contributed by atoms with van der Waals surface area (Å²) in [6.45, 7) is 8.14. The largest absolute Gasteiger partial charge is 0.475 e. The molecular formula is C44H82N2O3. The SMILES string of the molecule is CCCCCCCCCCCCCCCN(C)C1CCOCCC(N(C)CCCCCCCCCCCCCCC)Oc2cccc(c2)O1. The lowest BCUT2D eigenvalue weighted by Gasteiger charge is -2.31. The van der Waals surface area contributed by atoms with E-state index in [9.17, 15) is 0 Å². The van der Waals surface area contributed by atoms with Crippen molar-refractivity contribution in [3.05, 3.63) is 24.3 Å². The van der Waals surface area contributed by atoms with Crippen LogP contribution in [0.3, 0.4) is 0 Å². The van der Waals surface area contributed by atoms with Gasteiger partial charge in [-0.3, -0.25) is 9.80 Å². The minimum absolute atomic E-state index is 0.0148. The molecule has 0 saturated carbocycles. The molecule has 1 heterocycles. The maximum Gasteiger partial charge on any atom is 0.154 e. The van der Waals surface area contributed by atoms with Gasteiger partial charge in [-0.25, -0.2) is 0 Å². The zero-order valence-corrected chi connectivity index (χ0v) is 33.2. The minimum atomic E-state index is 0.0148. The van der Waals surface area contributed by atoms with Crippen molar-refractivity contribution in [2.75, 3.05) is 40.4 Å². The Morgan fingerprint density at radius 1 is 0.469 bits per heavy atom. The molecule has 0 fully saturated rings. The number of nitrogens with zero attached hydrogens (tertiary/aromatic N) is 2. The molecule has 5 heteroatoms. The molecule has 1 aromatic rings. The molecule has 1 aromatic carbocycles. The zero-order chi connectivity index (χ0) is 35.0. The van der Waals surface area contributed by atoms with Gasteiger partial charge in [0, 0.05) is 32.0 Å². The number of hydrogen-bond donors (Lipinski definition) is 0. The van der Waals surface area contributed by atoms with E-state index in [4.69, 9.17) is 14.2 Å². The van der Waals surface area contributed by atoms with E-state index in [1.165, 1.54) is 167 Å². The number of hydrogen-bond acceptors (Lipinski definition) is 5. The Morgan fingerprint density at radius 2 is 0.776 bits per heavy atom. The molecular weight excluding hydrogens is 604 g/mol. The normalized spacial score (nSPS) is 17.1. The second-order valence-corrected chi connectivity index (χ2v) is 15.3. The summed E-state index contributed by atoms with van der Waals surface area (Å²) in [7, 11) is 4.41. The average molecular weight is 687 g/mol. The van der Waals surface area contributed by atoms with Gasteiger partial charge in [0.1, 0.15) is 11.5 Å². The Hall–Kier alpha value is -1.30. The fourth-order valence-electron chi connectivity index (χ4n) is 7.19. The summed E-state index contributed by atoms with van der Waals surface area (Å²) in [4.78, 5) is 4.76. The van der Waals surface area contributed by atoms with Crippen molar-refractivity contribution in [2.45, 2.75) is 206 Å². The molecule has 2 unspecified atom stereocenters. The van der Waals surface area contributed by atoms with Crippen LogP contribution >= 0.6 is 0 Å². The van der Waals surface area contributed by atoms with E-state index in [1.54, 1.807) is 0 Å². The van der Waals surface area contributed by atoms with Gasteiger partial charge in [-0.1, -0.05) is 174 Å². The highest BCUT2D eigenvalue weighted by Gasteiger charge is 2.21. The van der Waals surface area contributed by atoms with Crippen LogP contribution in [0, 0.1) is 0 Å². The minimum Gasteiger partial charge on any atom is -0.475 e. The van der Waals surface area contributed by atoms with Crippen LogP contribution in [0.15, 0.2) is 24.3 Å². The quantitative estimate of drug-likeness (QED) is 0.0753. The van der Waals surface area contributed by atoms with Crippen molar-refractivity contribution in [1.29, 1.82) is 0 Å². The van der Waals surface area contributed by atoms with E-state index in [0.29, 0.717) is 13.2 Å². The van der Waals surface area contributed by atoms with E-state index >= 15 is 0 Å². The van der Waals surface area contributed by atoms with Gasteiger partial charge in [-0.15, -0.1) is 0 Å². The van der Waals surface area contributed by atoms with Gasteiger partial charge in [-0.2, -0.15) is 0 Å². The van der Waals surface area contributed by atoms with E-state index in [-0.39, 0.29) is 12.5 Å². The second kappa shape index (κ2) is 31.4. The van der Waals surface area contributed by atoms with Gasteiger partial charge in [-0.05, 0) is 39.1 Å². The van der Waals surface area contributed by atoms with Crippen LogP contribution < -0.4 is 9.47 Å². The summed E-state index contributed by atoms with van der Waals surface area (Å²) in [5, 5.41) is 0. The molecule has 49 heavy (non-hydrogen) atoms. The van der Waals surface area contributed by atoms with Crippen LogP contribution in [0.1, 0.15) is 194 Å². The summed E-state index contributed by atoms with van der Waals surface area (Å²) in [5.41, 5.74) is 0. The van der Waals surface area contributed by atoms with Crippen molar-refractivity contribution in [2.24, 2.45) is 0 Å². The first kappa shape index (κ1) is 43.9. The standard InChI is InChI=1S/C44H82N2O3/c1-5-7-9-11-13-15-17-19-21-23-25-27-29-36-45(3)43-34-38-47-39-35-44(49-42-33-31-32-41(40-42)48-43)46(4)37-30-28-26-24-22-20-18-16-14-12-10-8-6-2/h31-33,40,43-44H,5-30,34-39H2,1-4H3. The molecule has 5 nitrogen and oxygen atoms in total. The first-order valence-corrected chi connectivity index (χ1v) is 21.6. The van der Waals surface area contributed by atoms with Crippen molar-refractivity contribution >= 4 is 0 Å². The molecule has 2 atom stereocenters. The maximum absolute atomic E-state index is 6.55. The lowest BCUT2D eigenvalue weighted by Crippen LogP contribution is -2.40. The average Bonchev–Trinajstić information content (AvgIpc) is 3.10. The summed E-state index contributed by atoms with van der Waals surface area (Å²) >= 11 is 0. The first-order valence-electron chi connectivity index (χ1n) is 21.6. The van der Waals surface area contributed by atoms with E-state index in [2.05, 4.69) is 62.0 Å². The summed E-state index contributed by atoms with van der Waals surface area (Å²) < 4.78 is 19.3. The molecule has 0 N–H and O–H groups in total. The molecule has 0 radical (unpaired) electrons. The van der Waals surface area contributed by atoms with Crippen molar-refractivity contribution < 1.29 is 14.2 Å². The smallest absolute Gasteiger partial charge is 0.154 e. The molecule has 2 rings (SSSR count). The Labute approximate surface area is 305 Å². The third-order valence-electron chi connectivity index (χ3n) is 10.6. The molecule has 0 aliphatic carbocycles. The lowest BCUT2D eigenvalue weighted by atomic mass is 10.0. The van der Waals surface area contributed by atoms with Gasteiger partial charge >= 0.3 is 0 Å². The summed E-state index contributed by atoms with van der Waals surface area (Å²) in [6.07, 6.45) is 37.9. The Balaban J connectivity index is 1.62. The predicted molar refractivity (Wildman–Crippen MR) is 212 cm³/mol. The highest BCUT2D eigenvalue weighted by atomic mass is 16.5. The monoisotopic (exact) mass is 687 g/mol. The van der Waals surface area contributed by atoms with Crippen LogP contribution in [0.4, 0.5) is 0 Å². The molecule has 0 saturated heterocycles. The number of unbranched alkanes of at least 4 members (excludes halogenated alkanes) is 24. The molecule has 0 amide bonds. The number of fused-ring (bicyclic) bond motifs is 2. The highest BCUT2D eigenvalue weighted by molar-refractivity contribution is 5.33. The third kappa shape index (κ3) is 23.7. The van der Waals surface area contributed by atoms with E-state index in [0.717, 1.165) is 37.4 Å². The molecule has 0 aromatic heterocycles. The Bertz CT molecular complexity index is 788. The van der Waals surface area contributed by atoms with E-state index < -0.39 is 0 Å². The molecule has 286 valence electrons. The topological polar surface area (TPSA) is 34.2 Å². The van der Waals surface area contributed by atoms with Crippen molar-refractivity contribution in [3.8, 4) is 11.5 Å². The predicted octanol–water partition coefficient (Wildman–Crippen LogP) is 13.0. The van der Waals surface area contributed by atoms with Gasteiger partial charge < -0.3 is 14.2 Å². The fraction of sp³-hybridized carbons (Fsp3) is 0.864. The van der Waals surface area contributed by atoms with Gasteiger partial charge in [0.25, 0.3) is 0 Å². The Morgan fingerprint density at radius 3 is 1.10 bits per heavy atom. The summed E-state index contributed by atoms with van der Waals surface area (Å²) in [5.74, 6) is 1.77. The van der Waals surface area contributed by atoms with Gasteiger partial charge in [0.15, 0.2) is 12.5 Å². The van der Waals surface area contributed by atoms with Crippen LogP contribution in [0.5, 0.6) is 11.5 Å². The lowest BCUT2D eigenvalue weighted by molar-refractivity contribution is -0.0157. The summed E-state index contributed by atoms with van der Waals surface area (Å²) in [6, 6.07) is 8.29. The molecule has 0 spiro atoms.